The maximum absolute atomic E-state index is 12.5. The highest BCUT2D eigenvalue weighted by molar-refractivity contribution is 8.18. The minimum absolute atomic E-state index is 0.129. The third kappa shape index (κ3) is 3.23. The van der Waals surface area contributed by atoms with Crippen LogP contribution in [0, 0.1) is 27.7 Å². The van der Waals surface area contributed by atoms with E-state index in [0.717, 1.165) is 34.4 Å². The highest BCUT2D eigenvalue weighted by Crippen LogP contribution is 2.34. The second-order valence-electron chi connectivity index (χ2n) is 7.15. The van der Waals surface area contributed by atoms with E-state index in [1.807, 2.05) is 26.8 Å². The topological polar surface area (TPSA) is 42.3 Å². The van der Waals surface area contributed by atoms with Crippen molar-refractivity contribution in [1.82, 2.24) is 9.47 Å². The number of aryl methyl sites for hydroxylation is 3. The molecule has 1 aromatic carbocycles. The third-order valence-corrected chi connectivity index (χ3v) is 5.45. The molecule has 0 N–H and O–H groups in total. The van der Waals surface area contributed by atoms with Crippen molar-refractivity contribution in [3.63, 3.8) is 0 Å². The maximum atomic E-state index is 12.5. The summed E-state index contributed by atoms with van der Waals surface area (Å²) in [4.78, 5) is 26.4. The number of imide groups is 1. The van der Waals surface area contributed by atoms with Crippen LogP contribution in [0.2, 0.25) is 0 Å². The molecular weight excluding hydrogens is 344 g/mol. The number of aromatic nitrogens is 1. The molecular formula is C21H24N2O2S. The van der Waals surface area contributed by atoms with Gasteiger partial charge < -0.3 is 4.57 Å². The van der Waals surface area contributed by atoms with E-state index in [9.17, 15) is 9.59 Å². The van der Waals surface area contributed by atoms with E-state index in [1.54, 1.807) is 0 Å². The molecule has 2 heterocycles. The van der Waals surface area contributed by atoms with Gasteiger partial charge in [-0.05, 0) is 94.3 Å². The number of rotatable bonds is 3. The molecule has 0 spiro atoms. The Hall–Kier alpha value is -2.27. The normalized spacial score (nSPS) is 16.4. The zero-order valence-corrected chi connectivity index (χ0v) is 16.9. The highest BCUT2D eigenvalue weighted by Gasteiger charge is 2.36. The molecule has 2 amide bonds. The van der Waals surface area contributed by atoms with E-state index < -0.39 is 0 Å². The summed E-state index contributed by atoms with van der Waals surface area (Å²) in [5, 5.41) is -0.195. The quantitative estimate of drug-likeness (QED) is 0.703. The molecule has 1 fully saturated rings. The van der Waals surface area contributed by atoms with Crippen LogP contribution in [0.5, 0.6) is 0 Å². The summed E-state index contributed by atoms with van der Waals surface area (Å²) in [5.41, 5.74) is 6.67. The fourth-order valence-electron chi connectivity index (χ4n) is 3.48. The molecule has 0 radical (unpaired) electrons. The molecule has 1 aliphatic heterocycles. The van der Waals surface area contributed by atoms with Crippen molar-refractivity contribution < 1.29 is 9.59 Å². The smallest absolute Gasteiger partial charge is 0.293 e. The molecule has 4 nitrogen and oxygen atoms in total. The number of carbonyl (C=O) groups is 2. The average molecular weight is 369 g/mol. The van der Waals surface area contributed by atoms with Gasteiger partial charge in [0.2, 0.25) is 0 Å². The summed E-state index contributed by atoms with van der Waals surface area (Å²) in [5.74, 6) is -0.203. The predicted octanol–water partition coefficient (Wildman–Crippen LogP) is 5.16. The lowest BCUT2D eigenvalue weighted by atomic mass is 10.1. The Bertz CT molecular complexity index is 917. The first-order valence-electron chi connectivity index (χ1n) is 8.73. The van der Waals surface area contributed by atoms with Crippen molar-refractivity contribution in [2.24, 2.45) is 0 Å². The number of hydrogen-bond acceptors (Lipinski definition) is 3. The first-order valence-corrected chi connectivity index (χ1v) is 9.55. The van der Waals surface area contributed by atoms with Crippen molar-refractivity contribution in [2.45, 2.75) is 47.6 Å². The molecule has 26 heavy (non-hydrogen) atoms. The Morgan fingerprint density at radius 2 is 1.58 bits per heavy atom. The van der Waals surface area contributed by atoms with Crippen molar-refractivity contribution in [3.8, 4) is 5.69 Å². The molecule has 0 aliphatic carbocycles. The van der Waals surface area contributed by atoms with Crippen molar-refractivity contribution >= 4 is 29.0 Å². The van der Waals surface area contributed by atoms with Gasteiger partial charge in [0, 0.05) is 23.1 Å². The Labute approximate surface area is 158 Å². The lowest BCUT2D eigenvalue weighted by Gasteiger charge is -2.16. The Balaban J connectivity index is 2.04. The van der Waals surface area contributed by atoms with E-state index in [0.29, 0.717) is 4.91 Å². The summed E-state index contributed by atoms with van der Waals surface area (Å²) in [6, 6.07) is 8.40. The first-order chi connectivity index (χ1) is 12.2. The standard InChI is InChI=1S/C21H24N2O2S/c1-12(2)22-20(24)19(26-21(22)25)11-17-10-15(5)23(16(17)6)18-8-13(3)7-14(4)9-18/h7-12H,1-6H3/b19-11+. The van der Waals surface area contributed by atoms with E-state index in [4.69, 9.17) is 0 Å². The van der Waals surface area contributed by atoms with Crippen LogP contribution in [0.1, 0.15) is 41.9 Å². The number of nitrogens with zero attached hydrogens (tertiary/aromatic N) is 2. The number of benzene rings is 1. The van der Waals surface area contributed by atoms with Crippen molar-refractivity contribution in [3.05, 3.63) is 57.2 Å². The second kappa shape index (κ2) is 6.80. The maximum Gasteiger partial charge on any atom is 0.293 e. The molecule has 0 saturated carbocycles. The SMILES string of the molecule is Cc1cc(C)cc(-n2c(C)cc(/C=C3/SC(=O)N(C(C)C)C3=O)c2C)c1. The molecule has 0 unspecified atom stereocenters. The van der Waals surface area contributed by atoms with Crippen LogP contribution in [-0.4, -0.2) is 26.7 Å². The van der Waals surface area contributed by atoms with Crippen molar-refractivity contribution in [1.29, 1.82) is 0 Å². The molecule has 1 saturated heterocycles. The Morgan fingerprint density at radius 3 is 2.12 bits per heavy atom. The van der Waals surface area contributed by atoms with Gasteiger partial charge in [-0.3, -0.25) is 14.5 Å². The van der Waals surface area contributed by atoms with Gasteiger partial charge in [-0.1, -0.05) is 6.07 Å². The summed E-state index contributed by atoms with van der Waals surface area (Å²) in [7, 11) is 0. The highest BCUT2D eigenvalue weighted by atomic mass is 32.2. The monoisotopic (exact) mass is 368 g/mol. The van der Waals surface area contributed by atoms with Gasteiger partial charge >= 0.3 is 0 Å². The van der Waals surface area contributed by atoms with Crippen LogP contribution in [0.4, 0.5) is 4.79 Å². The van der Waals surface area contributed by atoms with Gasteiger partial charge in [0.15, 0.2) is 0 Å². The lowest BCUT2D eigenvalue weighted by molar-refractivity contribution is -0.123. The van der Waals surface area contributed by atoms with Crippen molar-refractivity contribution in [2.75, 3.05) is 0 Å². The number of thioether (sulfide) groups is 1. The third-order valence-electron chi connectivity index (χ3n) is 4.56. The minimum Gasteiger partial charge on any atom is -0.318 e. The van der Waals surface area contributed by atoms with Gasteiger partial charge in [0.25, 0.3) is 11.1 Å². The lowest BCUT2D eigenvalue weighted by Crippen LogP contribution is -2.34. The Morgan fingerprint density at radius 1 is 0.962 bits per heavy atom. The van der Waals surface area contributed by atoms with Crippen LogP contribution >= 0.6 is 11.8 Å². The molecule has 0 bridgehead atoms. The van der Waals surface area contributed by atoms with E-state index in [2.05, 4.69) is 49.6 Å². The number of hydrogen-bond donors (Lipinski definition) is 0. The van der Waals surface area contributed by atoms with E-state index >= 15 is 0 Å². The number of amides is 2. The molecule has 2 aromatic rings. The van der Waals surface area contributed by atoms with Gasteiger partial charge in [-0.15, -0.1) is 0 Å². The molecule has 5 heteroatoms. The molecule has 0 atom stereocenters. The van der Waals surface area contributed by atoms with Crippen LogP contribution in [0.3, 0.4) is 0 Å². The predicted molar refractivity (Wildman–Crippen MR) is 108 cm³/mol. The average Bonchev–Trinajstić information content (AvgIpc) is 2.94. The zero-order chi connectivity index (χ0) is 19.2. The van der Waals surface area contributed by atoms with Crippen LogP contribution in [0.15, 0.2) is 29.2 Å². The molecule has 136 valence electrons. The summed E-state index contributed by atoms with van der Waals surface area (Å²) < 4.78 is 2.19. The largest absolute Gasteiger partial charge is 0.318 e. The van der Waals surface area contributed by atoms with Crippen LogP contribution in [0.25, 0.3) is 11.8 Å². The second-order valence-corrected chi connectivity index (χ2v) is 8.15. The fourth-order valence-corrected chi connectivity index (χ4v) is 4.43. The first kappa shape index (κ1) is 18.5. The van der Waals surface area contributed by atoms with Crippen LogP contribution < -0.4 is 0 Å². The summed E-state index contributed by atoms with van der Waals surface area (Å²) >= 11 is 1.02. The van der Waals surface area contributed by atoms with Crippen LogP contribution in [-0.2, 0) is 4.79 Å². The fraction of sp³-hybridized carbons (Fsp3) is 0.333. The summed E-state index contributed by atoms with van der Waals surface area (Å²) in [6.45, 7) is 12.0. The minimum atomic E-state index is -0.203. The molecule has 1 aromatic heterocycles. The van der Waals surface area contributed by atoms with Gasteiger partial charge in [-0.25, -0.2) is 0 Å². The van der Waals surface area contributed by atoms with E-state index in [-0.39, 0.29) is 17.2 Å². The zero-order valence-electron chi connectivity index (χ0n) is 16.1. The van der Waals surface area contributed by atoms with E-state index in [1.165, 1.54) is 16.0 Å². The summed E-state index contributed by atoms with van der Waals surface area (Å²) in [6.07, 6.45) is 1.84. The molecule has 1 aliphatic rings. The number of carbonyl (C=O) groups excluding carboxylic acids is 2. The van der Waals surface area contributed by atoms with Gasteiger partial charge in [0.1, 0.15) is 0 Å². The molecule has 3 rings (SSSR count). The Kier molecular flexibility index (Phi) is 4.84. The van der Waals surface area contributed by atoms with Gasteiger partial charge in [-0.2, -0.15) is 0 Å². The van der Waals surface area contributed by atoms with Gasteiger partial charge in [0.05, 0.1) is 4.91 Å².